The number of benzene rings is 1. The Labute approximate surface area is 125 Å². The maximum Gasteiger partial charge on any atom is 0.410 e. The van der Waals surface area contributed by atoms with Crippen molar-refractivity contribution in [3.8, 4) is 0 Å². The van der Waals surface area contributed by atoms with Crippen LogP contribution in [0.4, 0.5) is 14.9 Å². The molecular weight excluding hydrogens is 271 g/mol. The Morgan fingerprint density at radius 2 is 2.14 bits per heavy atom. The number of ether oxygens (including phenoxy) is 1. The van der Waals surface area contributed by atoms with Gasteiger partial charge in [-0.25, -0.2) is 9.18 Å². The Balaban J connectivity index is 2.01. The van der Waals surface area contributed by atoms with Crippen LogP contribution in [0.15, 0.2) is 24.3 Å². The number of carbonyl (C=O) groups is 1. The molecule has 4 nitrogen and oxygen atoms in total. The SMILES string of the molecule is CC(C)(C)OC(=O)N1CCC(c2cccc(N)c2)C(F)C1. The van der Waals surface area contributed by atoms with E-state index in [-0.39, 0.29) is 12.5 Å². The minimum Gasteiger partial charge on any atom is -0.444 e. The summed E-state index contributed by atoms with van der Waals surface area (Å²) in [5.74, 6) is -0.216. The largest absolute Gasteiger partial charge is 0.444 e. The normalized spacial score (nSPS) is 23.0. The minimum absolute atomic E-state index is 0.0639. The lowest BCUT2D eigenvalue weighted by Gasteiger charge is -2.35. The highest BCUT2D eigenvalue weighted by atomic mass is 19.1. The van der Waals surface area contributed by atoms with Gasteiger partial charge in [-0.1, -0.05) is 12.1 Å². The fourth-order valence-corrected chi connectivity index (χ4v) is 2.56. The molecule has 1 heterocycles. The van der Waals surface area contributed by atoms with E-state index in [1.54, 1.807) is 32.9 Å². The maximum atomic E-state index is 14.4. The molecule has 1 aliphatic rings. The molecule has 0 spiro atoms. The lowest BCUT2D eigenvalue weighted by atomic mass is 9.88. The second-order valence-corrected chi connectivity index (χ2v) is 6.51. The van der Waals surface area contributed by atoms with Crippen molar-refractivity contribution in [2.75, 3.05) is 18.8 Å². The van der Waals surface area contributed by atoms with Crippen molar-refractivity contribution >= 4 is 11.8 Å². The second-order valence-electron chi connectivity index (χ2n) is 6.51. The molecule has 5 heteroatoms. The summed E-state index contributed by atoms with van der Waals surface area (Å²) in [6, 6.07) is 7.31. The number of nitrogen functional groups attached to an aromatic ring is 1. The van der Waals surface area contributed by atoms with E-state index in [1.807, 2.05) is 12.1 Å². The molecule has 0 bridgehead atoms. The maximum absolute atomic E-state index is 14.4. The lowest BCUT2D eigenvalue weighted by molar-refractivity contribution is 0.0111. The number of hydrogen-bond acceptors (Lipinski definition) is 3. The number of piperidine rings is 1. The second kappa shape index (κ2) is 5.92. The molecule has 1 saturated heterocycles. The Morgan fingerprint density at radius 1 is 1.43 bits per heavy atom. The third-order valence-electron chi connectivity index (χ3n) is 3.53. The van der Waals surface area contributed by atoms with E-state index in [2.05, 4.69) is 0 Å². The summed E-state index contributed by atoms with van der Waals surface area (Å²) in [6.45, 7) is 5.97. The van der Waals surface area contributed by atoms with Gasteiger partial charge in [0.1, 0.15) is 11.8 Å². The van der Waals surface area contributed by atoms with E-state index < -0.39 is 17.9 Å². The van der Waals surface area contributed by atoms with Gasteiger partial charge < -0.3 is 15.4 Å². The van der Waals surface area contributed by atoms with Gasteiger partial charge >= 0.3 is 6.09 Å². The summed E-state index contributed by atoms with van der Waals surface area (Å²) in [6.07, 6.45) is -0.978. The van der Waals surface area contributed by atoms with Crippen LogP contribution in [0.1, 0.15) is 38.7 Å². The van der Waals surface area contributed by atoms with E-state index in [4.69, 9.17) is 10.5 Å². The van der Waals surface area contributed by atoms with E-state index in [9.17, 15) is 9.18 Å². The molecular formula is C16H23FN2O2. The fourth-order valence-electron chi connectivity index (χ4n) is 2.56. The Hall–Kier alpha value is -1.78. The van der Waals surface area contributed by atoms with Crippen LogP contribution in [0.5, 0.6) is 0 Å². The lowest BCUT2D eigenvalue weighted by Crippen LogP contribution is -2.46. The van der Waals surface area contributed by atoms with Crippen molar-refractivity contribution in [1.82, 2.24) is 4.90 Å². The average molecular weight is 294 g/mol. The van der Waals surface area contributed by atoms with Gasteiger partial charge in [-0.15, -0.1) is 0 Å². The van der Waals surface area contributed by atoms with E-state index in [0.29, 0.717) is 18.7 Å². The van der Waals surface area contributed by atoms with Gasteiger partial charge in [0.2, 0.25) is 0 Å². The number of alkyl halides is 1. The van der Waals surface area contributed by atoms with Gasteiger partial charge in [0.05, 0.1) is 6.54 Å². The summed E-state index contributed by atoms with van der Waals surface area (Å²) in [5, 5.41) is 0. The topological polar surface area (TPSA) is 55.6 Å². The average Bonchev–Trinajstić information content (AvgIpc) is 2.36. The summed E-state index contributed by atoms with van der Waals surface area (Å²) >= 11 is 0. The third kappa shape index (κ3) is 4.09. The van der Waals surface area contributed by atoms with E-state index in [1.165, 1.54) is 4.90 Å². The zero-order valence-electron chi connectivity index (χ0n) is 12.8. The van der Waals surface area contributed by atoms with Gasteiger partial charge in [-0.2, -0.15) is 0 Å². The summed E-state index contributed by atoms with van der Waals surface area (Å²) < 4.78 is 19.7. The van der Waals surface area contributed by atoms with Crippen molar-refractivity contribution in [2.24, 2.45) is 0 Å². The van der Waals surface area contributed by atoms with E-state index in [0.717, 1.165) is 5.56 Å². The van der Waals surface area contributed by atoms with Crippen molar-refractivity contribution in [2.45, 2.75) is 44.9 Å². The van der Waals surface area contributed by atoms with Gasteiger partial charge in [0.15, 0.2) is 0 Å². The molecule has 1 amide bonds. The number of halogens is 1. The Morgan fingerprint density at radius 3 is 2.71 bits per heavy atom. The number of anilines is 1. The predicted octanol–water partition coefficient (Wildman–Crippen LogP) is 3.33. The van der Waals surface area contributed by atoms with Crippen LogP contribution in [-0.4, -0.2) is 35.9 Å². The number of amides is 1. The van der Waals surface area contributed by atoms with Crippen LogP contribution in [0.2, 0.25) is 0 Å². The first-order valence-corrected chi connectivity index (χ1v) is 7.24. The summed E-state index contributed by atoms with van der Waals surface area (Å²) in [7, 11) is 0. The third-order valence-corrected chi connectivity index (χ3v) is 3.53. The molecule has 116 valence electrons. The molecule has 21 heavy (non-hydrogen) atoms. The van der Waals surface area contributed by atoms with Crippen LogP contribution in [0.3, 0.4) is 0 Å². The molecule has 1 aromatic carbocycles. The standard InChI is InChI=1S/C16H23FN2O2/c1-16(2,3)21-15(20)19-8-7-13(14(17)10-19)11-5-4-6-12(18)9-11/h4-6,9,13-14H,7-8,10,18H2,1-3H3. The minimum atomic E-state index is -1.10. The Bertz CT molecular complexity index is 513. The Kier molecular flexibility index (Phi) is 4.40. The molecule has 1 aromatic rings. The summed E-state index contributed by atoms with van der Waals surface area (Å²) in [5.41, 5.74) is 6.72. The molecule has 2 atom stereocenters. The number of nitrogens with two attached hydrogens (primary N) is 1. The molecule has 0 aliphatic carbocycles. The first kappa shape index (κ1) is 15.6. The fraction of sp³-hybridized carbons (Fsp3) is 0.562. The molecule has 2 unspecified atom stereocenters. The number of rotatable bonds is 1. The highest BCUT2D eigenvalue weighted by Crippen LogP contribution is 2.31. The number of hydrogen-bond donors (Lipinski definition) is 1. The highest BCUT2D eigenvalue weighted by Gasteiger charge is 2.34. The molecule has 2 N–H and O–H groups in total. The molecule has 0 saturated carbocycles. The van der Waals surface area contributed by atoms with Crippen LogP contribution in [0.25, 0.3) is 0 Å². The zero-order valence-corrected chi connectivity index (χ0v) is 12.8. The van der Waals surface area contributed by atoms with Crippen LogP contribution in [0, 0.1) is 0 Å². The van der Waals surface area contributed by atoms with Gasteiger partial charge in [-0.3, -0.25) is 0 Å². The molecule has 0 radical (unpaired) electrons. The van der Waals surface area contributed by atoms with Crippen LogP contribution >= 0.6 is 0 Å². The summed E-state index contributed by atoms with van der Waals surface area (Å²) in [4.78, 5) is 13.4. The number of nitrogens with zero attached hydrogens (tertiary/aromatic N) is 1. The van der Waals surface area contributed by atoms with Gasteiger partial charge in [-0.05, 0) is 44.9 Å². The zero-order chi connectivity index (χ0) is 15.6. The molecule has 0 aromatic heterocycles. The molecule has 1 aliphatic heterocycles. The van der Waals surface area contributed by atoms with Gasteiger partial charge in [0.25, 0.3) is 0 Å². The van der Waals surface area contributed by atoms with Gasteiger partial charge in [0, 0.05) is 18.2 Å². The number of carbonyl (C=O) groups excluding carboxylic acids is 1. The number of likely N-dealkylation sites (tertiary alicyclic amines) is 1. The van der Waals surface area contributed by atoms with Crippen molar-refractivity contribution < 1.29 is 13.9 Å². The predicted molar refractivity (Wildman–Crippen MR) is 80.9 cm³/mol. The quantitative estimate of drug-likeness (QED) is 0.808. The van der Waals surface area contributed by atoms with Crippen molar-refractivity contribution in [1.29, 1.82) is 0 Å². The monoisotopic (exact) mass is 294 g/mol. The van der Waals surface area contributed by atoms with Crippen LogP contribution < -0.4 is 5.73 Å². The molecule has 1 fully saturated rings. The molecule has 2 rings (SSSR count). The highest BCUT2D eigenvalue weighted by molar-refractivity contribution is 5.68. The first-order chi connectivity index (χ1) is 9.76. The first-order valence-electron chi connectivity index (χ1n) is 7.24. The van der Waals surface area contributed by atoms with E-state index >= 15 is 0 Å². The smallest absolute Gasteiger partial charge is 0.410 e. The van der Waals surface area contributed by atoms with Crippen molar-refractivity contribution in [3.05, 3.63) is 29.8 Å². The van der Waals surface area contributed by atoms with Crippen molar-refractivity contribution in [3.63, 3.8) is 0 Å². The van der Waals surface area contributed by atoms with Crippen LogP contribution in [-0.2, 0) is 4.74 Å².